The number of alkyl carbamates (subject to hydrolysis) is 1. The van der Waals surface area contributed by atoms with Crippen molar-refractivity contribution in [3.05, 3.63) is 54.0 Å². The highest BCUT2D eigenvalue weighted by Gasteiger charge is 2.47. The minimum atomic E-state index is -4.63. The van der Waals surface area contributed by atoms with Gasteiger partial charge in [-0.25, -0.2) is 14.2 Å². The smallest absolute Gasteiger partial charge is 0.408 e. The van der Waals surface area contributed by atoms with E-state index in [0.717, 1.165) is 0 Å². The predicted octanol–water partition coefficient (Wildman–Crippen LogP) is 5.86. The third-order valence-corrected chi connectivity index (χ3v) is 7.39. The van der Waals surface area contributed by atoms with Crippen molar-refractivity contribution in [1.29, 1.82) is 0 Å². The zero-order valence-electron chi connectivity index (χ0n) is 26.6. The van der Waals surface area contributed by atoms with Gasteiger partial charge in [0.05, 0.1) is 11.4 Å². The van der Waals surface area contributed by atoms with Crippen LogP contribution in [0.4, 0.5) is 22.4 Å². The number of amides is 1. The molecule has 1 fully saturated rings. The summed E-state index contributed by atoms with van der Waals surface area (Å²) >= 11 is 0. The topological polar surface area (TPSA) is 120 Å². The molecule has 252 valence electrons. The van der Waals surface area contributed by atoms with Crippen LogP contribution in [0.25, 0.3) is 28.1 Å². The first kappa shape index (κ1) is 33.8. The fraction of sp³-hybridized carbons (Fsp3) is 0.469. The second kappa shape index (κ2) is 13.3. The third-order valence-electron chi connectivity index (χ3n) is 7.39. The molecule has 1 saturated heterocycles. The molecule has 1 amide bonds. The maximum absolute atomic E-state index is 14.7. The van der Waals surface area contributed by atoms with Gasteiger partial charge in [-0.05, 0) is 51.0 Å². The number of carbonyl (C=O) groups excluding carboxylic acids is 2. The first-order valence-electron chi connectivity index (χ1n) is 15.1. The number of halogens is 4. The molecule has 15 heteroatoms. The van der Waals surface area contributed by atoms with Gasteiger partial charge in [-0.3, -0.25) is 14.1 Å². The molecule has 0 spiro atoms. The number of likely N-dealkylation sites (tertiary alicyclic amines) is 1. The molecule has 1 N–H and O–H groups in total. The number of hydrogen-bond acceptors (Lipinski definition) is 9. The van der Waals surface area contributed by atoms with Crippen LogP contribution in [0.3, 0.4) is 0 Å². The number of hydrogen-bond donors (Lipinski definition) is 1. The molecule has 5 rings (SSSR count). The highest BCUT2D eigenvalue weighted by molar-refractivity contribution is 5.82. The van der Waals surface area contributed by atoms with Crippen molar-refractivity contribution in [3.63, 3.8) is 0 Å². The molecular formula is C32H36F4N6O5. The summed E-state index contributed by atoms with van der Waals surface area (Å²) in [6.07, 6.45) is -3.65. The molecule has 0 saturated carbocycles. The molecular weight excluding hydrogens is 624 g/mol. The van der Waals surface area contributed by atoms with Crippen molar-refractivity contribution < 1.29 is 41.4 Å². The van der Waals surface area contributed by atoms with Crippen LogP contribution in [0.5, 0.6) is 5.75 Å². The molecule has 1 aliphatic rings. The lowest BCUT2D eigenvalue weighted by Gasteiger charge is -2.30. The number of fused-ring (bicyclic) bond motifs is 2. The van der Waals surface area contributed by atoms with Gasteiger partial charge in [0.25, 0.3) is 0 Å². The molecule has 0 bridgehead atoms. The van der Waals surface area contributed by atoms with Crippen molar-refractivity contribution in [3.8, 4) is 17.3 Å². The van der Waals surface area contributed by atoms with E-state index in [1.807, 2.05) is 0 Å². The minimum Gasteiger partial charge on any atom is -0.487 e. The number of ether oxygens (including phenoxy) is 3. The summed E-state index contributed by atoms with van der Waals surface area (Å²) in [5.74, 6) is -1.26. The van der Waals surface area contributed by atoms with Crippen LogP contribution in [-0.2, 0) is 14.3 Å². The lowest BCUT2D eigenvalue weighted by atomic mass is 10.1. The fourth-order valence-corrected chi connectivity index (χ4v) is 5.28. The average molecular weight is 661 g/mol. The largest absolute Gasteiger partial charge is 0.487 e. The van der Waals surface area contributed by atoms with Gasteiger partial charge < -0.3 is 19.5 Å². The third kappa shape index (κ3) is 8.07. The van der Waals surface area contributed by atoms with Crippen molar-refractivity contribution in [2.45, 2.75) is 64.9 Å². The predicted molar refractivity (Wildman–Crippen MR) is 163 cm³/mol. The van der Waals surface area contributed by atoms with Crippen LogP contribution in [0.15, 0.2) is 42.6 Å². The quantitative estimate of drug-likeness (QED) is 0.134. The molecule has 4 aromatic rings. The molecule has 1 aromatic carbocycles. The second-order valence-electron chi connectivity index (χ2n) is 12.6. The molecule has 0 aliphatic carbocycles. The van der Waals surface area contributed by atoms with E-state index in [2.05, 4.69) is 20.5 Å². The van der Waals surface area contributed by atoms with Gasteiger partial charge in [0.1, 0.15) is 30.6 Å². The number of nitrogens with one attached hydrogen (secondary N) is 1. The van der Waals surface area contributed by atoms with Gasteiger partial charge in [-0.1, -0.05) is 26.0 Å². The zero-order chi connectivity index (χ0) is 34.1. The van der Waals surface area contributed by atoms with E-state index < -0.39 is 41.7 Å². The summed E-state index contributed by atoms with van der Waals surface area (Å²) in [4.78, 5) is 29.7. The van der Waals surface area contributed by atoms with Gasteiger partial charge in [0, 0.05) is 36.8 Å². The average Bonchev–Trinajstić information content (AvgIpc) is 3.60. The lowest BCUT2D eigenvalue weighted by Crippen LogP contribution is -2.42. The van der Waals surface area contributed by atoms with Crippen LogP contribution < -0.4 is 10.1 Å². The Morgan fingerprint density at radius 3 is 2.53 bits per heavy atom. The van der Waals surface area contributed by atoms with Gasteiger partial charge in [-0.2, -0.15) is 13.2 Å². The van der Waals surface area contributed by atoms with Crippen molar-refractivity contribution in [2.75, 3.05) is 26.3 Å². The van der Waals surface area contributed by atoms with Gasteiger partial charge >= 0.3 is 18.2 Å². The Bertz CT molecular complexity index is 1770. The number of carbonyl (C=O) groups is 2. The number of aromatic nitrogens is 4. The van der Waals surface area contributed by atoms with E-state index in [9.17, 15) is 27.2 Å². The van der Waals surface area contributed by atoms with Gasteiger partial charge in [0.2, 0.25) is 0 Å². The molecule has 4 heterocycles. The molecule has 11 nitrogen and oxygen atoms in total. The Labute approximate surface area is 268 Å². The number of nitrogens with zero attached hydrogens (tertiary/aromatic N) is 5. The van der Waals surface area contributed by atoms with E-state index in [4.69, 9.17) is 14.2 Å². The van der Waals surface area contributed by atoms with Crippen LogP contribution in [0.2, 0.25) is 0 Å². The highest BCUT2D eigenvalue weighted by atomic mass is 19.4. The number of rotatable bonds is 9. The Kier molecular flexibility index (Phi) is 9.57. The van der Waals surface area contributed by atoms with Crippen molar-refractivity contribution >= 4 is 28.6 Å². The maximum atomic E-state index is 14.7. The molecule has 0 radical (unpaired) electrons. The fourth-order valence-electron chi connectivity index (χ4n) is 5.28. The summed E-state index contributed by atoms with van der Waals surface area (Å²) < 4.78 is 75.7. The molecule has 1 unspecified atom stereocenters. The summed E-state index contributed by atoms with van der Waals surface area (Å²) in [5.41, 5.74) is 0.161. The number of benzene rings is 1. The summed E-state index contributed by atoms with van der Waals surface area (Å²) in [6, 6.07) is 6.16. The number of esters is 1. The Hall–Kier alpha value is -4.53. The molecule has 47 heavy (non-hydrogen) atoms. The second-order valence-corrected chi connectivity index (χ2v) is 12.6. The summed E-state index contributed by atoms with van der Waals surface area (Å²) in [5, 5.41) is 11.4. The SMILES string of the molecule is CC(C)C(=O)OCCOc1cc2nc(-c3nnc4ccc([C@@H](N5CCC(NC(=O)OC(C)(C)C)C5)C(F)(F)F)cn34)ccc2cc1F. The Balaban J connectivity index is 1.38. The van der Waals surface area contributed by atoms with E-state index in [0.29, 0.717) is 23.0 Å². The van der Waals surface area contributed by atoms with E-state index >= 15 is 0 Å². The number of pyridine rings is 2. The van der Waals surface area contributed by atoms with Crippen molar-refractivity contribution in [2.24, 2.45) is 5.92 Å². The van der Waals surface area contributed by atoms with Crippen LogP contribution in [0.1, 0.15) is 52.6 Å². The first-order chi connectivity index (χ1) is 22.1. The van der Waals surface area contributed by atoms with Crippen LogP contribution in [-0.4, -0.2) is 80.7 Å². The Morgan fingerprint density at radius 1 is 1.06 bits per heavy atom. The molecule has 1 aliphatic heterocycles. The number of alkyl halides is 3. The summed E-state index contributed by atoms with van der Waals surface area (Å²) in [6.45, 7) is 8.45. The monoisotopic (exact) mass is 660 g/mol. The van der Waals surface area contributed by atoms with E-state index in [1.165, 1.54) is 39.8 Å². The van der Waals surface area contributed by atoms with Crippen LogP contribution >= 0.6 is 0 Å². The molecule has 2 atom stereocenters. The lowest BCUT2D eigenvalue weighted by molar-refractivity contribution is -0.184. The van der Waals surface area contributed by atoms with Gasteiger partial charge in [0.15, 0.2) is 23.0 Å². The van der Waals surface area contributed by atoms with E-state index in [-0.39, 0.29) is 55.1 Å². The highest BCUT2D eigenvalue weighted by Crippen LogP contribution is 2.40. The zero-order valence-corrected chi connectivity index (χ0v) is 26.6. The maximum Gasteiger partial charge on any atom is 0.408 e. The first-order valence-corrected chi connectivity index (χ1v) is 15.1. The van der Waals surface area contributed by atoms with E-state index in [1.54, 1.807) is 46.8 Å². The standard InChI is InChI=1S/C32H36F4N6O5/c1-18(2)29(43)46-13-12-45-25-15-24-19(14-22(25)33)6-8-23(38-24)28-40-39-26-9-7-20(16-42(26)28)27(32(34,35)36)41-11-10-21(17-41)37-30(44)47-31(3,4)5/h6-9,14-16,18,21,27H,10-13,17H2,1-5H3,(H,37,44)/t21?,27-/m1/s1. The minimum absolute atomic E-state index is 0.0240. The van der Waals surface area contributed by atoms with Crippen LogP contribution in [0, 0.1) is 11.7 Å². The van der Waals surface area contributed by atoms with Crippen molar-refractivity contribution in [1.82, 2.24) is 29.8 Å². The normalized spacial score (nSPS) is 16.5. The Morgan fingerprint density at radius 2 is 1.83 bits per heavy atom. The van der Waals surface area contributed by atoms with Gasteiger partial charge in [-0.15, -0.1) is 10.2 Å². The molecule has 3 aromatic heterocycles. The summed E-state index contributed by atoms with van der Waals surface area (Å²) in [7, 11) is 0.